The van der Waals surface area contributed by atoms with Crippen molar-refractivity contribution in [3.63, 3.8) is 0 Å². The van der Waals surface area contributed by atoms with Crippen LogP contribution >= 0.6 is 15.9 Å². The summed E-state index contributed by atoms with van der Waals surface area (Å²) in [6, 6.07) is 14.0. The molecule has 0 spiro atoms. The number of aromatic hydroxyl groups is 1. The molecule has 3 heteroatoms. The second-order valence-corrected chi connectivity index (χ2v) is 5.27. The summed E-state index contributed by atoms with van der Waals surface area (Å²) in [4.78, 5) is 3.33. The first-order valence-electron chi connectivity index (χ1n) is 5.72. The molecule has 0 aliphatic carbocycles. The maximum Gasteiger partial charge on any atom is 0.139 e. The van der Waals surface area contributed by atoms with E-state index in [1.165, 1.54) is 0 Å². The summed E-state index contributed by atoms with van der Waals surface area (Å²) in [7, 11) is 0. The van der Waals surface area contributed by atoms with E-state index in [0.29, 0.717) is 0 Å². The normalized spacial score (nSPS) is 11.0. The maximum absolute atomic E-state index is 10.1. The Morgan fingerprint density at radius 2 is 1.89 bits per heavy atom. The number of phenols is 1. The van der Waals surface area contributed by atoms with Crippen molar-refractivity contribution >= 4 is 26.8 Å². The largest absolute Gasteiger partial charge is 0.506 e. The second-order valence-electron chi connectivity index (χ2n) is 4.41. The Morgan fingerprint density at radius 1 is 1.11 bits per heavy atom. The second kappa shape index (κ2) is 4.18. The van der Waals surface area contributed by atoms with Crippen LogP contribution in [0.3, 0.4) is 0 Å². The Labute approximate surface area is 113 Å². The molecule has 18 heavy (non-hydrogen) atoms. The minimum atomic E-state index is 0.271. The lowest BCUT2D eigenvalue weighted by Crippen LogP contribution is -1.83. The zero-order chi connectivity index (χ0) is 12.7. The molecule has 0 fully saturated rings. The van der Waals surface area contributed by atoms with Gasteiger partial charge in [0.1, 0.15) is 5.75 Å². The van der Waals surface area contributed by atoms with Gasteiger partial charge in [0.05, 0.1) is 10.2 Å². The van der Waals surface area contributed by atoms with Crippen LogP contribution in [0.1, 0.15) is 5.56 Å². The Kier molecular flexibility index (Phi) is 2.63. The number of rotatable bonds is 1. The summed E-state index contributed by atoms with van der Waals surface area (Å²) in [6.07, 6.45) is 0. The fourth-order valence-electron chi connectivity index (χ4n) is 2.16. The van der Waals surface area contributed by atoms with E-state index in [1.54, 1.807) is 0 Å². The zero-order valence-corrected chi connectivity index (χ0v) is 11.5. The molecule has 3 aromatic rings. The van der Waals surface area contributed by atoms with E-state index in [1.807, 2.05) is 37.3 Å². The number of fused-ring (bicyclic) bond motifs is 1. The molecule has 0 aliphatic rings. The molecule has 2 aromatic carbocycles. The van der Waals surface area contributed by atoms with Crippen LogP contribution in [0.2, 0.25) is 0 Å². The van der Waals surface area contributed by atoms with Gasteiger partial charge in [-0.05, 0) is 52.7 Å². The lowest BCUT2D eigenvalue weighted by molar-refractivity contribution is 0.473. The lowest BCUT2D eigenvalue weighted by Gasteiger charge is -2.06. The molecule has 2 nitrogen and oxygen atoms in total. The minimum Gasteiger partial charge on any atom is -0.506 e. The fourth-order valence-corrected chi connectivity index (χ4v) is 2.73. The Balaban J connectivity index is 2.26. The average Bonchev–Trinajstić information content (AvgIpc) is 2.77. The number of aromatic amines is 1. The number of para-hydroxylation sites is 1. The van der Waals surface area contributed by atoms with Gasteiger partial charge in [0.15, 0.2) is 0 Å². The topological polar surface area (TPSA) is 36.0 Å². The van der Waals surface area contributed by atoms with Crippen LogP contribution in [0, 0.1) is 6.92 Å². The first-order valence-corrected chi connectivity index (χ1v) is 6.51. The van der Waals surface area contributed by atoms with Crippen LogP contribution in [0.5, 0.6) is 5.75 Å². The van der Waals surface area contributed by atoms with Crippen LogP contribution in [0.4, 0.5) is 0 Å². The van der Waals surface area contributed by atoms with Crippen molar-refractivity contribution in [2.24, 2.45) is 0 Å². The van der Waals surface area contributed by atoms with Gasteiger partial charge < -0.3 is 10.1 Å². The number of hydrogen-bond donors (Lipinski definition) is 2. The smallest absolute Gasteiger partial charge is 0.139 e. The Bertz CT molecular complexity index is 697. The molecule has 0 saturated carbocycles. The number of H-pyrrole nitrogens is 1. The van der Waals surface area contributed by atoms with Crippen molar-refractivity contribution in [1.82, 2.24) is 4.98 Å². The summed E-state index contributed by atoms with van der Waals surface area (Å²) >= 11 is 3.37. The van der Waals surface area contributed by atoms with Gasteiger partial charge in [0.2, 0.25) is 0 Å². The third-order valence-electron chi connectivity index (χ3n) is 3.03. The van der Waals surface area contributed by atoms with Crippen molar-refractivity contribution < 1.29 is 5.11 Å². The molecule has 0 bridgehead atoms. The summed E-state index contributed by atoms with van der Waals surface area (Å²) in [5.41, 5.74) is 3.93. The Hall–Kier alpha value is -1.74. The molecule has 2 N–H and O–H groups in total. The van der Waals surface area contributed by atoms with Crippen LogP contribution in [-0.2, 0) is 0 Å². The zero-order valence-electron chi connectivity index (χ0n) is 9.87. The van der Waals surface area contributed by atoms with E-state index in [2.05, 4.69) is 33.0 Å². The third kappa shape index (κ3) is 1.81. The SMILES string of the molecule is Cc1cc(Br)c(O)c(-c2cc3ccccc3[nH]2)c1. The van der Waals surface area contributed by atoms with Crippen LogP contribution in [0.15, 0.2) is 46.9 Å². The number of aryl methyl sites for hydroxylation is 1. The highest BCUT2D eigenvalue weighted by Gasteiger charge is 2.11. The molecular weight excluding hydrogens is 290 g/mol. The predicted octanol–water partition coefficient (Wildman–Crippen LogP) is 4.61. The number of phenolic OH excluding ortho intramolecular Hbond substituents is 1. The van der Waals surface area contributed by atoms with Crippen LogP contribution in [0.25, 0.3) is 22.2 Å². The van der Waals surface area contributed by atoms with Gasteiger partial charge in [-0.25, -0.2) is 0 Å². The average molecular weight is 302 g/mol. The van der Waals surface area contributed by atoms with E-state index in [4.69, 9.17) is 0 Å². The molecule has 0 saturated heterocycles. The van der Waals surface area contributed by atoms with Crippen molar-refractivity contribution in [3.8, 4) is 17.0 Å². The quantitative estimate of drug-likeness (QED) is 0.676. The van der Waals surface area contributed by atoms with E-state index in [9.17, 15) is 5.11 Å². The summed E-state index contributed by atoms with van der Waals surface area (Å²) in [5.74, 6) is 0.271. The third-order valence-corrected chi connectivity index (χ3v) is 3.63. The number of nitrogens with one attached hydrogen (secondary N) is 1. The number of hydrogen-bond acceptors (Lipinski definition) is 1. The standard InChI is InChI=1S/C15H12BrNO/c1-9-6-11(15(18)12(16)7-9)14-8-10-4-2-3-5-13(10)17-14/h2-8,17-18H,1H3. The Morgan fingerprint density at radius 3 is 2.67 bits per heavy atom. The number of halogens is 1. The molecular formula is C15H12BrNO. The van der Waals surface area contributed by atoms with Crippen molar-refractivity contribution in [2.75, 3.05) is 0 Å². The van der Waals surface area contributed by atoms with Crippen molar-refractivity contribution in [2.45, 2.75) is 6.92 Å². The molecule has 0 unspecified atom stereocenters. The highest BCUT2D eigenvalue weighted by Crippen LogP contribution is 2.37. The molecule has 0 radical (unpaired) electrons. The molecule has 1 heterocycles. The van der Waals surface area contributed by atoms with Crippen molar-refractivity contribution in [1.29, 1.82) is 0 Å². The van der Waals surface area contributed by atoms with Crippen LogP contribution < -0.4 is 0 Å². The summed E-state index contributed by atoms with van der Waals surface area (Å²) < 4.78 is 0.719. The number of aromatic nitrogens is 1. The molecule has 3 rings (SSSR count). The first-order chi connectivity index (χ1) is 8.65. The highest BCUT2D eigenvalue weighted by atomic mass is 79.9. The van der Waals surface area contributed by atoms with Gasteiger partial charge in [0, 0.05) is 16.5 Å². The summed E-state index contributed by atoms with van der Waals surface area (Å²) in [5, 5.41) is 11.3. The molecule has 1 aromatic heterocycles. The van der Waals surface area contributed by atoms with Crippen molar-refractivity contribution in [3.05, 3.63) is 52.5 Å². The maximum atomic E-state index is 10.1. The monoisotopic (exact) mass is 301 g/mol. The van der Waals surface area contributed by atoms with Crippen LogP contribution in [-0.4, -0.2) is 10.1 Å². The molecule has 0 amide bonds. The lowest BCUT2D eigenvalue weighted by atomic mass is 10.1. The molecule has 0 atom stereocenters. The molecule has 90 valence electrons. The van der Waals surface area contributed by atoms with Gasteiger partial charge in [-0.1, -0.05) is 18.2 Å². The predicted molar refractivity (Wildman–Crippen MR) is 77.8 cm³/mol. The van der Waals surface area contributed by atoms with E-state index >= 15 is 0 Å². The first kappa shape index (κ1) is 11.4. The summed E-state index contributed by atoms with van der Waals surface area (Å²) in [6.45, 7) is 2.01. The van der Waals surface area contributed by atoms with Gasteiger partial charge in [-0.15, -0.1) is 0 Å². The van der Waals surface area contributed by atoms with E-state index in [-0.39, 0.29) is 5.75 Å². The van der Waals surface area contributed by atoms with E-state index < -0.39 is 0 Å². The number of benzene rings is 2. The minimum absolute atomic E-state index is 0.271. The van der Waals surface area contributed by atoms with Gasteiger partial charge in [-0.3, -0.25) is 0 Å². The van der Waals surface area contributed by atoms with Gasteiger partial charge in [0.25, 0.3) is 0 Å². The highest BCUT2D eigenvalue weighted by molar-refractivity contribution is 9.10. The fraction of sp³-hybridized carbons (Fsp3) is 0.0667. The van der Waals surface area contributed by atoms with Gasteiger partial charge in [-0.2, -0.15) is 0 Å². The van der Waals surface area contributed by atoms with E-state index in [0.717, 1.165) is 32.2 Å². The molecule has 0 aliphatic heterocycles. The van der Waals surface area contributed by atoms with Gasteiger partial charge >= 0.3 is 0 Å².